The van der Waals surface area contributed by atoms with Gasteiger partial charge in [0.2, 0.25) is 5.09 Å². The van der Waals surface area contributed by atoms with E-state index in [1.807, 2.05) is 6.92 Å². The summed E-state index contributed by atoms with van der Waals surface area (Å²) in [5, 5.41) is 3.05. The molecule has 0 aromatic carbocycles. The van der Waals surface area contributed by atoms with Gasteiger partial charge in [-0.15, -0.1) is 0 Å². The summed E-state index contributed by atoms with van der Waals surface area (Å²) in [5.41, 5.74) is 0.834. The van der Waals surface area contributed by atoms with Crippen molar-refractivity contribution in [1.82, 2.24) is 9.62 Å². The van der Waals surface area contributed by atoms with Gasteiger partial charge in [-0.3, -0.25) is 0 Å². The minimum absolute atomic E-state index is 0.0425. The molecule has 2 aromatic heterocycles. The molecule has 21 heavy (non-hydrogen) atoms. The third-order valence-corrected chi connectivity index (χ3v) is 4.89. The molecule has 0 atom stereocenters. The smallest absolute Gasteiger partial charge is 0.276 e. The first-order valence-corrected chi connectivity index (χ1v) is 8.18. The van der Waals surface area contributed by atoms with E-state index >= 15 is 0 Å². The lowest BCUT2D eigenvalue weighted by molar-refractivity contribution is 0.379. The molecule has 0 unspecified atom stereocenters. The van der Waals surface area contributed by atoms with Gasteiger partial charge in [-0.1, -0.05) is 6.92 Å². The molecule has 0 bridgehead atoms. The zero-order valence-corrected chi connectivity index (χ0v) is 13.2. The molecule has 0 fully saturated rings. The Morgan fingerprint density at radius 2 is 2.05 bits per heavy atom. The molecule has 0 saturated carbocycles. The average molecular weight is 312 g/mol. The molecule has 0 aliphatic heterocycles. The van der Waals surface area contributed by atoms with Gasteiger partial charge in [0.15, 0.2) is 0 Å². The first kappa shape index (κ1) is 15.8. The fourth-order valence-corrected chi connectivity index (χ4v) is 2.96. The minimum Gasteiger partial charge on any atom is -0.469 e. The summed E-state index contributed by atoms with van der Waals surface area (Å²) in [6.07, 6.45) is 1.55. The average Bonchev–Trinajstić information content (AvgIpc) is 3.06. The predicted molar refractivity (Wildman–Crippen MR) is 78.2 cm³/mol. The van der Waals surface area contributed by atoms with Crippen molar-refractivity contribution < 1.29 is 17.3 Å². The molecule has 0 amide bonds. The SMILES string of the molecule is CCNCc1ccc(S(=O)(=O)N(C)Cc2ccoc2C)o1. The number of hydrogen-bond acceptors (Lipinski definition) is 5. The van der Waals surface area contributed by atoms with E-state index in [0.717, 1.165) is 12.1 Å². The Morgan fingerprint density at radius 1 is 1.29 bits per heavy atom. The first-order valence-electron chi connectivity index (χ1n) is 6.74. The van der Waals surface area contributed by atoms with Crippen molar-refractivity contribution in [1.29, 1.82) is 0 Å². The van der Waals surface area contributed by atoms with Crippen molar-refractivity contribution in [3.63, 3.8) is 0 Å². The molecular weight excluding hydrogens is 292 g/mol. The highest BCUT2D eigenvalue weighted by atomic mass is 32.2. The summed E-state index contributed by atoms with van der Waals surface area (Å²) in [6.45, 7) is 5.33. The quantitative estimate of drug-likeness (QED) is 0.847. The Labute approximate surface area is 124 Å². The van der Waals surface area contributed by atoms with E-state index in [1.165, 1.54) is 17.4 Å². The van der Waals surface area contributed by atoms with Crippen molar-refractivity contribution in [3.05, 3.63) is 41.5 Å². The van der Waals surface area contributed by atoms with Crippen LogP contribution in [0.4, 0.5) is 0 Å². The topological polar surface area (TPSA) is 75.7 Å². The molecule has 0 radical (unpaired) electrons. The van der Waals surface area contributed by atoms with Crippen molar-refractivity contribution in [2.24, 2.45) is 0 Å². The second kappa shape index (κ2) is 6.46. The first-order chi connectivity index (χ1) is 9.95. The number of sulfonamides is 1. The highest BCUT2D eigenvalue weighted by Gasteiger charge is 2.25. The van der Waals surface area contributed by atoms with Crippen LogP contribution in [0.2, 0.25) is 0 Å². The van der Waals surface area contributed by atoms with Crippen molar-refractivity contribution in [2.45, 2.75) is 32.0 Å². The lowest BCUT2D eigenvalue weighted by Crippen LogP contribution is -2.26. The van der Waals surface area contributed by atoms with Crippen LogP contribution < -0.4 is 5.32 Å². The van der Waals surface area contributed by atoms with Crippen LogP contribution in [0.5, 0.6) is 0 Å². The molecule has 0 saturated heterocycles. The van der Waals surface area contributed by atoms with E-state index in [0.29, 0.717) is 18.1 Å². The fraction of sp³-hybridized carbons (Fsp3) is 0.429. The van der Waals surface area contributed by atoms with Crippen LogP contribution >= 0.6 is 0 Å². The summed E-state index contributed by atoms with van der Waals surface area (Å²) in [4.78, 5) is 0. The largest absolute Gasteiger partial charge is 0.469 e. The van der Waals surface area contributed by atoms with Crippen LogP contribution in [-0.4, -0.2) is 26.3 Å². The molecule has 2 aromatic rings. The monoisotopic (exact) mass is 312 g/mol. The van der Waals surface area contributed by atoms with E-state index in [9.17, 15) is 8.42 Å². The number of nitrogens with one attached hydrogen (secondary N) is 1. The highest BCUT2D eigenvalue weighted by molar-refractivity contribution is 7.88. The zero-order valence-electron chi connectivity index (χ0n) is 12.4. The van der Waals surface area contributed by atoms with E-state index in [1.54, 1.807) is 25.3 Å². The van der Waals surface area contributed by atoms with E-state index in [2.05, 4.69) is 5.32 Å². The van der Waals surface area contributed by atoms with Gasteiger partial charge in [-0.25, -0.2) is 8.42 Å². The third kappa shape index (κ3) is 3.55. The molecule has 0 aliphatic carbocycles. The molecule has 1 N–H and O–H groups in total. The summed E-state index contributed by atoms with van der Waals surface area (Å²) >= 11 is 0. The summed E-state index contributed by atoms with van der Waals surface area (Å²) in [6, 6.07) is 4.92. The number of aryl methyl sites for hydroxylation is 1. The van der Waals surface area contributed by atoms with Crippen LogP contribution in [0.25, 0.3) is 0 Å². The molecule has 0 aliphatic rings. The lowest BCUT2D eigenvalue weighted by Gasteiger charge is -2.14. The molecule has 116 valence electrons. The molecule has 2 rings (SSSR count). The van der Waals surface area contributed by atoms with Crippen LogP contribution in [0.15, 0.2) is 38.4 Å². The van der Waals surface area contributed by atoms with Crippen LogP contribution in [-0.2, 0) is 23.1 Å². The second-order valence-electron chi connectivity index (χ2n) is 4.76. The predicted octanol–water partition coefficient (Wildman–Crippen LogP) is 2.11. The summed E-state index contributed by atoms with van der Waals surface area (Å²) in [7, 11) is -2.12. The Kier molecular flexibility index (Phi) is 4.87. The Bertz CT molecular complexity index is 687. The van der Waals surface area contributed by atoms with Crippen molar-refractivity contribution >= 4 is 10.0 Å². The number of nitrogens with zero attached hydrogens (tertiary/aromatic N) is 1. The zero-order chi connectivity index (χ0) is 15.5. The third-order valence-electron chi connectivity index (χ3n) is 3.21. The number of hydrogen-bond donors (Lipinski definition) is 1. The van der Waals surface area contributed by atoms with Crippen molar-refractivity contribution in [3.8, 4) is 0 Å². The maximum absolute atomic E-state index is 12.4. The molecule has 2 heterocycles. The Balaban J connectivity index is 2.13. The van der Waals surface area contributed by atoms with Gasteiger partial charge in [-0.05, 0) is 31.7 Å². The fourth-order valence-electron chi connectivity index (χ4n) is 1.89. The standard InChI is InChI=1S/C14H20N2O4S/c1-4-15-9-13-5-6-14(20-13)21(17,18)16(3)10-12-7-8-19-11(12)2/h5-8,15H,4,9-10H2,1-3H3. The van der Waals surface area contributed by atoms with Gasteiger partial charge in [0.25, 0.3) is 10.0 Å². The van der Waals surface area contributed by atoms with Gasteiger partial charge in [0, 0.05) is 19.2 Å². The van der Waals surface area contributed by atoms with Crippen LogP contribution in [0.1, 0.15) is 24.0 Å². The van der Waals surface area contributed by atoms with Gasteiger partial charge >= 0.3 is 0 Å². The van der Waals surface area contributed by atoms with Crippen molar-refractivity contribution in [2.75, 3.05) is 13.6 Å². The molecule has 6 nitrogen and oxygen atoms in total. The maximum Gasteiger partial charge on any atom is 0.276 e. The van der Waals surface area contributed by atoms with E-state index in [4.69, 9.17) is 8.83 Å². The number of furan rings is 2. The maximum atomic E-state index is 12.4. The summed E-state index contributed by atoms with van der Waals surface area (Å²) < 4.78 is 36.7. The van der Waals surface area contributed by atoms with Crippen LogP contribution in [0, 0.1) is 6.92 Å². The van der Waals surface area contributed by atoms with Gasteiger partial charge in [0.1, 0.15) is 11.5 Å². The summed E-state index contributed by atoms with van der Waals surface area (Å²) in [5.74, 6) is 1.31. The Morgan fingerprint density at radius 3 is 2.67 bits per heavy atom. The van der Waals surface area contributed by atoms with Gasteiger partial charge < -0.3 is 14.2 Å². The van der Waals surface area contributed by atoms with Crippen LogP contribution in [0.3, 0.4) is 0 Å². The van der Waals surface area contributed by atoms with Gasteiger partial charge in [-0.2, -0.15) is 4.31 Å². The Hall–Kier alpha value is -1.57. The minimum atomic E-state index is -3.64. The number of rotatable bonds is 7. The molecular formula is C14H20N2O4S. The molecule has 0 spiro atoms. The lowest BCUT2D eigenvalue weighted by atomic mass is 10.3. The molecule has 7 heteroatoms. The second-order valence-corrected chi connectivity index (χ2v) is 6.74. The van der Waals surface area contributed by atoms with E-state index < -0.39 is 10.0 Å². The van der Waals surface area contributed by atoms with E-state index in [-0.39, 0.29) is 11.6 Å². The normalized spacial score (nSPS) is 12.2. The highest BCUT2D eigenvalue weighted by Crippen LogP contribution is 2.20. The van der Waals surface area contributed by atoms with Gasteiger partial charge in [0.05, 0.1) is 12.8 Å².